The molecule has 1 aromatic heterocycles. The van der Waals surface area contributed by atoms with Crippen molar-refractivity contribution in [3.8, 4) is 15.8 Å². The van der Waals surface area contributed by atoms with Gasteiger partial charge in [0.1, 0.15) is 0 Å². The van der Waals surface area contributed by atoms with E-state index in [2.05, 4.69) is 92.9 Å². The molecular formula is C19H14BrI2NOSeSi. The van der Waals surface area contributed by atoms with E-state index in [0.717, 1.165) is 16.3 Å². The number of phenols is 1. The van der Waals surface area contributed by atoms with Crippen LogP contribution in [-0.4, -0.2) is 27.7 Å². The molecule has 0 spiro atoms. The summed E-state index contributed by atoms with van der Waals surface area (Å²) in [6, 6.07) is 9.77. The van der Waals surface area contributed by atoms with Crippen molar-refractivity contribution in [1.82, 2.24) is 0 Å². The number of halogens is 3. The van der Waals surface area contributed by atoms with Gasteiger partial charge in [0.2, 0.25) is 0 Å². The van der Waals surface area contributed by atoms with Crippen LogP contribution in [0.15, 0.2) is 39.8 Å². The van der Waals surface area contributed by atoms with Gasteiger partial charge in [-0.25, -0.2) is 0 Å². The molecule has 26 heavy (non-hydrogen) atoms. The van der Waals surface area contributed by atoms with Crippen molar-refractivity contribution in [2.75, 3.05) is 0 Å². The van der Waals surface area contributed by atoms with E-state index in [1.54, 1.807) is 6.07 Å². The van der Waals surface area contributed by atoms with Gasteiger partial charge >= 0.3 is 197 Å². The van der Waals surface area contributed by atoms with E-state index in [1.165, 1.54) is 30.9 Å². The van der Waals surface area contributed by atoms with Crippen LogP contribution in [0.25, 0.3) is 16.6 Å². The number of hydrogen-bond acceptors (Lipinski definition) is 2. The minimum atomic E-state index is -2.04. The Balaban J connectivity index is 2.15. The number of hydrogen-bond donors (Lipinski definition) is 1. The number of aromatic hydroxyl groups is 1. The summed E-state index contributed by atoms with van der Waals surface area (Å²) in [4.78, 5) is 4.93. The first-order valence-corrected chi connectivity index (χ1v) is 15.6. The zero-order valence-electron chi connectivity index (χ0n) is 14.0. The first-order valence-electron chi connectivity index (χ1n) is 7.90. The molecule has 4 rings (SSSR count). The third-order valence-electron chi connectivity index (χ3n) is 4.77. The molecule has 1 aliphatic heterocycles. The molecule has 0 amide bonds. The molecule has 1 N–H and O–H groups in total. The minimum absolute atomic E-state index is 0.279. The van der Waals surface area contributed by atoms with Crippen LogP contribution in [0.3, 0.4) is 0 Å². The molecule has 0 unspecified atom stereocenters. The van der Waals surface area contributed by atoms with Crippen molar-refractivity contribution >= 4 is 106 Å². The molecule has 0 bridgehead atoms. The Morgan fingerprint density at radius 3 is 2.58 bits per heavy atom. The average molecular weight is 713 g/mol. The Bertz CT molecular complexity index is 1190. The molecule has 7 heteroatoms. The summed E-state index contributed by atoms with van der Waals surface area (Å²) < 4.78 is 5.29. The fourth-order valence-corrected chi connectivity index (χ4v) is 13.2. The summed E-state index contributed by atoms with van der Waals surface area (Å²) in [5, 5.41) is 14.7. The Morgan fingerprint density at radius 2 is 1.92 bits per heavy atom. The van der Waals surface area contributed by atoms with E-state index in [-0.39, 0.29) is 14.5 Å². The van der Waals surface area contributed by atoms with Crippen molar-refractivity contribution in [2.45, 2.75) is 13.1 Å². The normalized spacial score (nSPS) is 14.5. The second-order valence-electron chi connectivity index (χ2n) is 6.76. The van der Waals surface area contributed by atoms with Crippen LogP contribution in [0, 0.1) is 6.01 Å². The van der Waals surface area contributed by atoms with Crippen molar-refractivity contribution in [3.63, 3.8) is 0 Å². The second-order valence-corrected chi connectivity index (χ2v) is 17.8. The van der Waals surface area contributed by atoms with E-state index < -0.39 is 8.07 Å². The van der Waals surface area contributed by atoms with Gasteiger partial charge in [0, 0.05) is 0 Å². The summed E-state index contributed by atoms with van der Waals surface area (Å²) in [6.45, 7) is 9.07. The van der Waals surface area contributed by atoms with Gasteiger partial charge in [-0.3, -0.25) is 0 Å². The first-order chi connectivity index (χ1) is 12.2. The molecule has 3 aromatic rings. The van der Waals surface area contributed by atoms with Crippen LogP contribution in [-0.2, 0) is 0 Å². The Labute approximate surface area is 194 Å². The third-order valence-corrected chi connectivity index (χ3v) is 16.8. The van der Waals surface area contributed by atoms with E-state index >= 15 is 0 Å². The molecule has 1 aliphatic rings. The monoisotopic (exact) mass is 713 g/mol. The molecule has 0 saturated heterocycles. The molecule has 2 aromatic carbocycles. The van der Waals surface area contributed by atoms with Crippen LogP contribution in [0.4, 0.5) is 5.69 Å². The third kappa shape index (κ3) is 2.93. The van der Waals surface area contributed by atoms with Crippen molar-refractivity contribution in [2.24, 2.45) is 4.99 Å². The standard InChI is InChI=1S/C19H14BrI2NOSeSi/c1-9-4-6-12-18(14(9)17-16(21)15(20)19(22)25-17)26(2,3)13-8-10(24)5-7-11(13)23-12/h4-8,24H,1H2,2-3H3. The number of rotatable bonds is 1. The molecule has 0 saturated carbocycles. The number of fused-ring (bicyclic) bond motifs is 2. The Morgan fingerprint density at radius 1 is 1.19 bits per heavy atom. The van der Waals surface area contributed by atoms with Crippen LogP contribution in [0.1, 0.15) is 0 Å². The summed E-state index contributed by atoms with van der Waals surface area (Å²) in [7, 11) is -2.04. The maximum atomic E-state index is 10.1. The fraction of sp³-hybridized carbons (Fsp3) is 0.105. The zero-order chi connectivity index (χ0) is 18.8. The van der Waals surface area contributed by atoms with Crippen LogP contribution < -0.4 is 20.9 Å². The van der Waals surface area contributed by atoms with Crippen molar-refractivity contribution < 1.29 is 5.11 Å². The number of nitrogens with zero attached hydrogens (tertiary/aromatic N) is 1. The fourth-order valence-electron chi connectivity index (χ4n) is 3.53. The van der Waals surface area contributed by atoms with Crippen LogP contribution in [0.2, 0.25) is 13.1 Å². The van der Waals surface area contributed by atoms with Gasteiger partial charge < -0.3 is 0 Å². The predicted octanol–water partition coefficient (Wildman–Crippen LogP) is 3.59. The van der Waals surface area contributed by atoms with Gasteiger partial charge in [-0.15, -0.1) is 0 Å². The molecule has 0 fully saturated rings. The van der Waals surface area contributed by atoms with Crippen molar-refractivity contribution in [3.05, 3.63) is 51.4 Å². The molecule has 132 valence electrons. The molecular weight excluding hydrogens is 699 g/mol. The predicted molar refractivity (Wildman–Crippen MR) is 133 cm³/mol. The summed E-state index contributed by atoms with van der Waals surface area (Å²) in [6.07, 6.45) is 0. The van der Waals surface area contributed by atoms with E-state index in [1.807, 2.05) is 12.1 Å². The molecule has 2 nitrogen and oxygen atoms in total. The van der Waals surface area contributed by atoms with Gasteiger partial charge in [-0.2, -0.15) is 0 Å². The topological polar surface area (TPSA) is 32.6 Å². The Hall–Kier alpha value is 0.0664. The SMILES string of the molecule is C=c1ccc2c(c1-c1[se]c(I)c(Br)c1I)[Si](C)(C)c1cc(O)ccc1N=2. The zero-order valence-corrected chi connectivity index (χ0v) is 22.6. The summed E-state index contributed by atoms with van der Waals surface area (Å²) >= 11 is 8.92. The van der Waals surface area contributed by atoms with Gasteiger partial charge in [0.25, 0.3) is 0 Å². The first kappa shape index (κ1) is 19.4. The number of benzene rings is 2. The molecule has 0 aliphatic carbocycles. The van der Waals surface area contributed by atoms with Gasteiger partial charge in [-0.05, 0) is 0 Å². The maximum absolute atomic E-state index is 10.1. The quantitative estimate of drug-likeness (QED) is 0.304. The van der Waals surface area contributed by atoms with Gasteiger partial charge in [0.15, 0.2) is 0 Å². The van der Waals surface area contributed by atoms with Gasteiger partial charge in [-0.1, -0.05) is 0 Å². The number of phenolic OH excluding ortho intramolecular Hbond substituents is 1. The molecule has 0 radical (unpaired) electrons. The summed E-state index contributed by atoms with van der Waals surface area (Å²) in [5.41, 5.74) is 2.27. The molecule has 0 atom stereocenters. The Kier molecular flexibility index (Phi) is 5.10. The average Bonchev–Trinajstić information content (AvgIpc) is 2.84. The van der Waals surface area contributed by atoms with Crippen LogP contribution in [0.5, 0.6) is 5.75 Å². The van der Waals surface area contributed by atoms with E-state index in [9.17, 15) is 5.11 Å². The van der Waals surface area contributed by atoms with E-state index in [4.69, 9.17) is 4.99 Å². The van der Waals surface area contributed by atoms with Crippen molar-refractivity contribution in [1.29, 1.82) is 0 Å². The van der Waals surface area contributed by atoms with E-state index in [0.29, 0.717) is 5.75 Å². The van der Waals surface area contributed by atoms with Gasteiger partial charge in [0.05, 0.1) is 0 Å². The summed E-state index contributed by atoms with van der Waals surface area (Å²) in [5.74, 6) is 0.313. The molecule has 2 heterocycles. The van der Waals surface area contributed by atoms with Crippen LogP contribution >= 0.6 is 61.1 Å². The second kappa shape index (κ2) is 6.84.